The van der Waals surface area contributed by atoms with Crippen molar-refractivity contribution in [1.82, 2.24) is 0 Å². The van der Waals surface area contributed by atoms with Gasteiger partial charge < -0.3 is 15.6 Å². The van der Waals surface area contributed by atoms with E-state index in [2.05, 4.69) is 0 Å². The molecule has 0 aliphatic rings. The Hall–Kier alpha value is -0.550. The second-order valence-electron chi connectivity index (χ2n) is 3.04. The fourth-order valence-electron chi connectivity index (χ4n) is 1.18. The van der Waals surface area contributed by atoms with Gasteiger partial charge in [0, 0.05) is 0 Å². The summed E-state index contributed by atoms with van der Waals surface area (Å²) in [6.07, 6.45) is 0. The fourth-order valence-corrected chi connectivity index (χ4v) is 1.45. The lowest BCUT2D eigenvalue weighted by atomic mass is 10.1. The van der Waals surface area contributed by atoms with Gasteiger partial charge in [-0.05, 0) is 24.6 Å². The van der Waals surface area contributed by atoms with Gasteiger partial charge >= 0.3 is 0 Å². The molecule has 0 saturated carbocycles. The molecule has 0 radical (unpaired) electrons. The number of aliphatic hydroxyl groups is 1. The van der Waals surface area contributed by atoms with Crippen molar-refractivity contribution in [2.45, 2.75) is 13.0 Å². The van der Waals surface area contributed by atoms with Gasteiger partial charge in [-0.3, -0.25) is 0 Å². The molecule has 1 atom stereocenters. The Balaban J connectivity index is 0.00000225. The number of nitrogens with two attached hydrogens (primary N) is 1. The van der Waals surface area contributed by atoms with E-state index >= 15 is 0 Å². The van der Waals surface area contributed by atoms with Crippen LogP contribution in [0.2, 0.25) is 5.02 Å². The number of benzene rings is 1. The van der Waals surface area contributed by atoms with E-state index in [4.69, 9.17) is 27.2 Å². The van der Waals surface area contributed by atoms with Crippen LogP contribution in [0.3, 0.4) is 0 Å². The number of hydrogen-bond donors (Lipinski definition) is 2. The van der Waals surface area contributed by atoms with Crippen LogP contribution < -0.4 is 10.5 Å². The molecule has 0 bridgehead atoms. The molecule has 0 fully saturated rings. The van der Waals surface area contributed by atoms with Crippen LogP contribution in [0.25, 0.3) is 0 Å². The summed E-state index contributed by atoms with van der Waals surface area (Å²) in [5.74, 6) is -0.545. The molecule has 3 N–H and O–H groups in total. The van der Waals surface area contributed by atoms with Crippen molar-refractivity contribution >= 4 is 24.0 Å². The summed E-state index contributed by atoms with van der Waals surface area (Å²) < 4.78 is 18.5. The first-order chi connectivity index (χ1) is 7.10. The van der Waals surface area contributed by atoms with Gasteiger partial charge in [0.15, 0.2) is 11.6 Å². The Kier molecular flexibility index (Phi) is 6.67. The topological polar surface area (TPSA) is 55.5 Å². The third-order valence-corrected chi connectivity index (χ3v) is 2.21. The molecule has 0 aliphatic heterocycles. The molecule has 0 aromatic heterocycles. The van der Waals surface area contributed by atoms with Crippen molar-refractivity contribution < 1.29 is 14.2 Å². The van der Waals surface area contributed by atoms with Gasteiger partial charge in [0.25, 0.3) is 0 Å². The summed E-state index contributed by atoms with van der Waals surface area (Å²) in [5, 5.41) is 8.98. The Morgan fingerprint density at radius 2 is 2.19 bits per heavy atom. The first-order valence-electron chi connectivity index (χ1n) is 4.58. The number of rotatable bonds is 4. The summed E-state index contributed by atoms with van der Waals surface area (Å²) in [6.45, 7) is 1.81. The van der Waals surface area contributed by atoms with E-state index in [1.54, 1.807) is 6.92 Å². The third-order valence-electron chi connectivity index (χ3n) is 1.93. The normalized spacial score (nSPS) is 11.8. The fraction of sp³-hybridized carbons (Fsp3) is 0.400. The molecule has 1 aromatic rings. The van der Waals surface area contributed by atoms with E-state index in [-0.39, 0.29) is 29.8 Å². The minimum absolute atomic E-state index is 0. The van der Waals surface area contributed by atoms with E-state index in [1.807, 2.05) is 0 Å². The van der Waals surface area contributed by atoms with E-state index in [0.29, 0.717) is 12.2 Å². The number of halogens is 3. The predicted molar refractivity (Wildman–Crippen MR) is 63.8 cm³/mol. The zero-order valence-electron chi connectivity index (χ0n) is 8.74. The lowest BCUT2D eigenvalue weighted by Gasteiger charge is -2.12. The highest BCUT2D eigenvalue weighted by Crippen LogP contribution is 2.30. The maximum atomic E-state index is 13.4. The van der Waals surface area contributed by atoms with Gasteiger partial charge in [-0.25, -0.2) is 4.39 Å². The summed E-state index contributed by atoms with van der Waals surface area (Å²) >= 11 is 5.81. The zero-order valence-corrected chi connectivity index (χ0v) is 10.3. The standard InChI is InChI=1S/C10H13ClFNO2.ClH/c1-2-15-10-7(11)3-6(4-8(10)12)9(13)5-14;/h3-4,9,14H,2,5,13H2,1H3;1H/t9-;/m0./s1. The minimum atomic E-state index is -0.632. The Morgan fingerprint density at radius 3 is 2.62 bits per heavy atom. The van der Waals surface area contributed by atoms with Gasteiger partial charge in [-0.2, -0.15) is 0 Å². The molecule has 0 aliphatic carbocycles. The molecule has 0 unspecified atom stereocenters. The van der Waals surface area contributed by atoms with Crippen LogP contribution in [0.15, 0.2) is 12.1 Å². The highest BCUT2D eigenvalue weighted by atomic mass is 35.5. The van der Waals surface area contributed by atoms with Gasteiger partial charge in [0.1, 0.15) is 0 Å². The molecular formula is C10H14Cl2FNO2. The molecule has 1 rings (SSSR count). The summed E-state index contributed by atoms with van der Waals surface area (Å²) in [4.78, 5) is 0. The summed E-state index contributed by atoms with van der Waals surface area (Å²) in [7, 11) is 0. The number of hydrogen-bond acceptors (Lipinski definition) is 3. The van der Waals surface area contributed by atoms with Crippen LogP contribution >= 0.6 is 24.0 Å². The van der Waals surface area contributed by atoms with Crippen LogP contribution in [-0.4, -0.2) is 18.3 Å². The molecule has 0 spiro atoms. The van der Waals surface area contributed by atoms with Crippen molar-refractivity contribution in [1.29, 1.82) is 0 Å². The first kappa shape index (κ1) is 15.4. The van der Waals surface area contributed by atoms with Gasteiger partial charge in [0.2, 0.25) is 0 Å². The van der Waals surface area contributed by atoms with Crippen LogP contribution in [0.4, 0.5) is 4.39 Å². The maximum Gasteiger partial charge on any atom is 0.173 e. The molecule has 1 aromatic carbocycles. The largest absolute Gasteiger partial charge is 0.489 e. The Morgan fingerprint density at radius 1 is 1.56 bits per heavy atom. The van der Waals surface area contributed by atoms with Crippen molar-refractivity contribution in [2.24, 2.45) is 5.73 Å². The third kappa shape index (κ3) is 3.49. The number of aliphatic hydroxyl groups excluding tert-OH is 1. The van der Waals surface area contributed by atoms with Crippen molar-refractivity contribution in [3.05, 3.63) is 28.5 Å². The Bertz CT molecular complexity index is 327. The lowest BCUT2D eigenvalue weighted by Crippen LogP contribution is -2.14. The molecule has 6 heteroatoms. The minimum Gasteiger partial charge on any atom is -0.489 e. The van der Waals surface area contributed by atoms with Gasteiger partial charge in [-0.15, -0.1) is 12.4 Å². The average molecular weight is 270 g/mol. The number of ether oxygens (including phenoxy) is 1. The maximum absolute atomic E-state index is 13.4. The molecule has 92 valence electrons. The van der Waals surface area contributed by atoms with Crippen LogP contribution in [0, 0.1) is 5.82 Å². The van der Waals surface area contributed by atoms with Crippen molar-refractivity contribution in [3.63, 3.8) is 0 Å². The van der Waals surface area contributed by atoms with Gasteiger partial charge in [-0.1, -0.05) is 11.6 Å². The first-order valence-corrected chi connectivity index (χ1v) is 4.96. The molecule has 0 amide bonds. The monoisotopic (exact) mass is 269 g/mol. The average Bonchev–Trinajstić information content (AvgIpc) is 2.22. The molecule has 0 saturated heterocycles. The second-order valence-corrected chi connectivity index (χ2v) is 3.44. The van der Waals surface area contributed by atoms with Crippen LogP contribution in [-0.2, 0) is 0 Å². The highest BCUT2D eigenvalue weighted by Gasteiger charge is 2.13. The van der Waals surface area contributed by atoms with E-state index < -0.39 is 11.9 Å². The summed E-state index contributed by atoms with van der Waals surface area (Å²) in [6, 6.07) is 2.08. The molecule has 0 heterocycles. The summed E-state index contributed by atoms with van der Waals surface area (Å²) in [5.41, 5.74) is 5.99. The molecule has 16 heavy (non-hydrogen) atoms. The predicted octanol–water partition coefficient (Wildman–Crippen LogP) is 2.29. The smallest absolute Gasteiger partial charge is 0.173 e. The SMILES string of the molecule is CCOc1c(F)cc([C@@H](N)CO)cc1Cl.Cl. The lowest BCUT2D eigenvalue weighted by molar-refractivity contribution is 0.267. The van der Waals surface area contributed by atoms with Crippen LogP contribution in [0.5, 0.6) is 5.75 Å². The molecule has 3 nitrogen and oxygen atoms in total. The quantitative estimate of drug-likeness (QED) is 0.882. The Labute approximate surface area is 105 Å². The zero-order chi connectivity index (χ0) is 11.4. The second kappa shape index (κ2) is 6.91. The van der Waals surface area contributed by atoms with Crippen LogP contribution in [0.1, 0.15) is 18.5 Å². The highest BCUT2D eigenvalue weighted by molar-refractivity contribution is 6.32. The van der Waals surface area contributed by atoms with Crippen molar-refractivity contribution in [2.75, 3.05) is 13.2 Å². The van der Waals surface area contributed by atoms with E-state index in [0.717, 1.165) is 0 Å². The molecular weight excluding hydrogens is 256 g/mol. The van der Waals surface area contributed by atoms with E-state index in [9.17, 15) is 4.39 Å². The van der Waals surface area contributed by atoms with E-state index in [1.165, 1.54) is 12.1 Å². The van der Waals surface area contributed by atoms with Crippen molar-refractivity contribution in [3.8, 4) is 5.75 Å². The van der Waals surface area contributed by atoms with Gasteiger partial charge in [0.05, 0.1) is 24.3 Å².